The van der Waals surface area contributed by atoms with E-state index in [1.54, 1.807) is 13.2 Å². The van der Waals surface area contributed by atoms with E-state index in [4.69, 9.17) is 21.1 Å². The molecule has 0 heterocycles. The van der Waals surface area contributed by atoms with Crippen molar-refractivity contribution >= 4 is 11.6 Å². The summed E-state index contributed by atoms with van der Waals surface area (Å²) < 4.78 is 10.7. The first-order valence-electron chi connectivity index (χ1n) is 5.95. The van der Waals surface area contributed by atoms with Gasteiger partial charge in [-0.3, -0.25) is 0 Å². The number of methoxy groups -OCH3 is 1. The number of rotatable bonds is 8. The van der Waals surface area contributed by atoms with Gasteiger partial charge in [-0.15, -0.1) is 0 Å². The molecule has 1 aromatic carbocycles. The van der Waals surface area contributed by atoms with Crippen molar-refractivity contribution in [3.63, 3.8) is 0 Å². The Bertz CT molecular complexity index is 382. The molecule has 18 heavy (non-hydrogen) atoms. The predicted octanol–water partition coefficient (Wildman–Crippen LogP) is 3.03. The molecule has 0 aliphatic rings. The van der Waals surface area contributed by atoms with Crippen LogP contribution in [-0.2, 0) is 11.3 Å². The van der Waals surface area contributed by atoms with Crippen molar-refractivity contribution in [2.45, 2.75) is 19.6 Å². The summed E-state index contributed by atoms with van der Waals surface area (Å²) in [6, 6.07) is 5.74. The quantitative estimate of drug-likeness (QED) is 0.581. The van der Waals surface area contributed by atoms with E-state index in [1.165, 1.54) is 0 Å². The molecule has 0 saturated heterocycles. The van der Waals surface area contributed by atoms with Gasteiger partial charge in [-0.25, -0.2) is 0 Å². The summed E-state index contributed by atoms with van der Waals surface area (Å²) in [5.41, 5.74) is 1.03. The maximum absolute atomic E-state index is 6.16. The van der Waals surface area contributed by atoms with E-state index in [9.17, 15) is 0 Å². The number of ether oxygens (including phenoxy) is 2. The highest BCUT2D eigenvalue weighted by atomic mass is 35.5. The van der Waals surface area contributed by atoms with E-state index >= 15 is 0 Å². The van der Waals surface area contributed by atoms with Crippen LogP contribution >= 0.6 is 11.6 Å². The summed E-state index contributed by atoms with van der Waals surface area (Å²) in [7, 11) is 1.68. The van der Waals surface area contributed by atoms with Gasteiger partial charge in [0.15, 0.2) is 0 Å². The third-order valence-corrected chi connectivity index (χ3v) is 2.78. The lowest BCUT2D eigenvalue weighted by molar-refractivity contribution is 0.199. The smallest absolute Gasteiger partial charge is 0.143 e. The van der Waals surface area contributed by atoms with E-state index in [-0.39, 0.29) is 6.10 Å². The van der Waals surface area contributed by atoms with Gasteiger partial charge in [0.05, 0.1) is 11.6 Å². The molecule has 0 fully saturated rings. The molecule has 1 unspecified atom stereocenters. The van der Waals surface area contributed by atoms with Gasteiger partial charge in [-0.1, -0.05) is 36.4 Å². The molecule has 100 valence electrons. The van der Waals surface area contributed by atoms with Gasteiger partial charge in [0, 0.05) is 25.8 Å². The predicted molar refractivity (Wildman–Crippen MR) is 75.3 cm³/mol. The van der Waals surface area contributed by atoms with E-state index in [0.717, 1.165) is 17.9 Å². The van der Waals surface area contributed by atoms with Gasteiger partial charge in [-0.05, 0) is 13.0 Å². The van der Waals surface area contributed by atoms with Crippen LogP contribution in [0.2, 0.25) is 5.02 Å². The van der Waals surface area contributed by atoms with Crippen molar-refractivity contribution in [2.24, 2.45) is 0 Å². The van der Waals surface area contributed by atoms with E-state index in [2.05, 4.69) is 11.9 Å². The molecule has 1 N–H and O–H groups in total. The fourth-order valence-electron chi connectivity index (χ4n) is 1.46. The second kappa shape index (κ2) is 8.14. The molecule has 0 radical (unpaired) electrons. The number of nitrogens with one attached hydrogen (secondary N) is 1. The Balaban J connectivity index is 2.70. The summed E-state index contributed by atoms with van der Waals surface area (Å²) in [6.07, 6.45) is 1.67. The van der Waals surface area contributed by atoms with Crippen LogP contribution in [0, 0.1) is 0 Å². The molecule has 0 saturated carbocycles. The molecule has 0 amide bonds. The summed E-state index contributed by atoms with van der Waals surface area (Å²) in [5, 5.41) is 3.89. The molecule has 3 nitrogen and oxygen atoms in total. The normalized spacial score (nSPS) is 12.2. The third kappa shape index (κ3) is 4.69. The number of halogens is 1. The second-order valence-electron chi connectivity index (χ2n) is 3.96. The molecular weight excluding hydrogens is 250 g/mol. The van der Waals surface area contributed by atoms with Gasteiger partial charge in [0.25, 0.3) is 0 Å². The Morgan fingerprint density at radius 2 is 2.28 bits per heavy atom. The molecule has 0 bridgehead atoms. The first-order valence-corrected chi connectivity index (χ1v) is 6.33. The first kappa shape index (κ1) is 15.0. The van der Waals surface area contributed by atoms with Crippen LogP contribution in [0.5, 0.6) is 5.75 Å². The van der Waals surface area contributed by atoms with Crippen molar-refractivity contribution in [1.29, 1.82) is 0 Å². The Kier molecular flexibility index (Phi) is 6.80. The summed E-state index contributed by atoms with van der Waals surface area (Å²) in [4.78, 5) is 0. The van der Waals surface area contributed by atoms with Gasteiger partial charge in [0.1, 0.15) is 11.9 Å². The van der Waals surface area contributed by atoms with Crippen LogP contribution in [0.4, 0.5) is 0 Å². The Morgan fingerprint density at radius 1 is 1.50 bits per heavy atom. The molecule has 1 aromatic rings. The van der Waals surface area contributed by atoms with Crippen molar-refractivity contribution in [1.82, 2.24) is 5.32 Å². The van der Waals surface area contributed by atoms with E-state index in [1.807, 2.05) is 25.1 Å². The number of para-hydroxylation sites is 1. The lowest BCUT2D eigenvalue weighted by Gasteiger charge is -2.16. The molecule has 1 atom stereocenters. The van der Waals surface area contributed by atoms with Crippen molar-refractivity contribution in [2.75, 3.05) is 20.3 Å². The highest BCUT2D eigenvalue weighted by Gasteiger charge is 2.10. The third-order valence-electron chi connectivity index (χ3n) is 2.48. The van der Waals surface area contributed by atoms with Crippen molar-refractivity contribution in [3.05, 3.63) is 41.4 Å². The fourth-order valence-corrected chi connectivity index (χ4v) is 1.69. The maximum Gasteiger partial charge on any atom is 0.143 e. The molecule has 0 aromatic heterocycles. The number of hydrogen-bond donors (Lipinski definition) is 1. The lowest BCUT2D eigenvalue weighted by Crippen LogP contribution is -2.19. The summed E-state index contributed by atoms with van der Waals surface area (Å²) >= 11 is 6.16. The van der Waals surface area contributed by atoms with Crippen LogP contribution in [-0.4, -0.2) is 26.4 Å². The Labute approximate surface area is 114 Å². The SMILES string of the molecule is C=CC(C)Oc1c(Cl)cccc1CNCCOC. The first-order chi connectivity index (χ1) is 8.69. The maximum atomic E-state index is 6.16. The minimum atomic E-state index is -0.0670. The molecule has 0 spiro atoms. The van der Waals surface area contributed by atoms with Crippen LogP contribution < -0.4 is 10.1 Å². The highest BCUT2D eigenvalue weighted by molar-refractivity contribution is 6.32. The number of benzene rings is 1. The minimum absolute atomic E-state index is 0.0670. The minimum Gasteiger partial charge on any atom is -0.485 e. The van der Waals surface area contributed by atoms with Gasteiger partial charge in [0.2, 0.25) is 0 Å². The van der Waals surface area contributed by atoms with Crippen LogP contribution in [0.25, 0.3) is 0 Å². The number of hydrogen-bond acceptors (Lipinski definition) is 3. The van der Waals surface area contributed by atoms with Crippen molar-refractivity contribution in [3.8, 4) is 5.75 Å². The lowest BCUT2D eigenvalue weighted by atomic mass is 10.2. The Morgan fingerprint density at radius 3 is 2.94 bits per heavy atom. The van der Waals surface area contributed by atoms with Gasteiger partial charge in [-0.2, -0.15) is 0 Å². The van der Waals surface area contributed by atoms with Crippen LogP contribution in [0.15, 0.2) is 30.9 Å². The molecule has 0 aliphatic heterocycles. The fraction of sp³-hybridized carbons (Fsp3) is 0.429. The standard InChI is InChI=1S/C14H20ClNO2/c1-4-11(2)18-14-12(6-5-7-13(14)15)10-16-8-9-17-3/h4-7,11,16H,1,8-10H2,2-3H3. The van der Waals surface area contributed by atoms with Crippen LogP contribution in [0.1, 0.15) is 12.5 Å². The zero-order valence-corrected chi connectivity index (χ0v) is 11.7. The van der Waals surface area contributed by atoms with Crippen molar-refractivity contribution < 1.29 is 9.47 Å². The van der Waals surface area contributed by atoms with E-state index < -0.39 is 0 Å². The monoisotopic (exact) mass is 269 g/mol. The summed E-state index contributed by atoms with van der Waals surface area (Å²) in [6.45, 7) is 7.80. The molecule has 0 aliphatic carbocycles. The Hall–Kier alpha value is -1.03. The second-order valence-corrected chi connectivity index (χ2v) is 4.36. The van der Waals surface area contributed by atoms with Gasteiger partial charge < -0.3 is 14.8 Å². The molecule has 4 heteroatoms. The van der Waals surface area contributed by atoms with Gasteiger partial charge >= 0.3 is 0 Å². The molecular formula is C14H20ClNO2. The molecule has 1 rings (SSSR count). The zero-order chi connectivity index (χ0) is 13.4. The average molecular weight is 270 g/mol. The largest absolute Gasteiger partial charge is 0.485 e. The average Bonchev–Trinajstić information content (AvgIpc) is 2.38. The topological polar surface area (TPSA) is 30.5 Å². The van der Waals surface area contributed by atoms with E-state index in [0.29, 0.717) is 18.2 Å². The zero-order valence-electron chi connectivity index (χ0n) is 10.9. The summed E-state index contributed by atoms with van der Waals surface area (Å²) in [5.74, 6) is 0.719. The highest BCUT2D eigenvalue weighted by Crippen LogP contribution is 2.29. The van der Waals surface area contributed by atoms with Crippen LogP contribution in [0.3, 0.4) is 0 Å².